The van der Waals surface area contributed by atoms with Crippen LogP contribution in [-0.2, 0) is 4.79 Å². The van der Waals surface area contributed by atoms with Crippen LogP contribution in [0.15, 0.2) is 53.2 Å². The third kappa shape index (κ3) is 5.55. The van der Waals surface area contributed by atoms with Crippen molar-refractivity contribution in [3.63, 3.8) is 0 Å². The molecule has 10 heteroatoms. The van der Waals surface area contributed by atoms with E-state index < -0.39 is 16.7 Å². The fraction of sp³-hybridized carbons (Fsp3) is 0. The Morgan fingerprint density at radius 1 is 1.16 bits per heavy atom. The van der Waals surface area contributed by atoms with Gasteiger partial charge in [0.15, 0.2) is 5.11 Å². The standard InChI is InChI=1S/C15H12N4O5S/c20-13(8-7-12-2-1-9-24-12)16-15(25)18-17-14(21)10-3-5-11(6-4-10)19(22)23/h1-9H,(H,17,21)(H2,16,18,20,25)/b8-7+. The number of nitrogens with one attached hydrogen (secondary N) is 3. The average molecular weight is 360 g/mol. The smallest absolute Gasteiger partial charge is 0.269 e. The van der Waals surface area contributed by atoms with Gasteiger partial charge >= 0.3 is 0 Å². The van der Waals surface area contributed by atoms with Crippen LogP contribution in [-0.4, -0.2) is 21.9 Å². The lowest BCUT2D eigenvalue weighted by Crippen LogP contribution is -2.48. The van der Waals surface area contributed by atoms with E-state index in [0.29, 0.717) is 5.76 Å². The summed E-state index contributed by atoms with van der Waals surface area (Å²) in [5, 5.41) is 12.8. The summed E-state index contributed by atoms with van der Waals surface area (Å²) in [6.45, 7) is 0. The summed E-state index contributed by atoms with van der Waals surface area (Å²) in [4.78, 5) is 33.5. The Bertz CT molecular complexity index is 815. The van der Waals surface area contributed by atoms with Crippen molar-refractivity contribution in [2.45, 2.75) is 0 Å². The quantitative estimate of drug-likeness (QED) is 0.327. The average Bonchev–Trinajstić information content (AvgIpc) is 3.11. The lowest BCUT2D eigenvalue weighted by molar-refractivity contribution is -0.384. The predicted octanol–water partition coefficient (Wildman–Crippen LogP) is 1.54. The molecule has 9 nitrogen and oxygen atoms in total. The lowest BCUT2D eigenvalue weighted by atomic mass is 10.2. The second-order valence-electron chi connectivity index (χ2n) is 4.55. The molecule has 128 valence electrons. The topological polar surface area (TPSA) is 127 Å². The molecule has 1 heterocycles. The van der Waals surface area contributed by atoms with Gasteiger partial charge in [-0.25, -0.2) is 0 Å². The van der Waals surface area contributed by atoms with Gasteiger partial charge in [-0.15, -0.1) is 0 Å². The Morgan fingerprint density at radius 3 is 2.48 bits per heavy atom. The van der Waals surface area contributed by atoms with Crippen molar-refractivity contribution >= 4 is 40.9 Å². The number of hydrogen-bond acceptors (Lipinski definition) is 6. The number of furan rings is 1. The van der Waals surface area contributed by atoms with Crippen molar-refractivity contribution in [2.24, 2.45) is 0 Å². The maximum Gasteiger partial charge on any atom is 0.269 e. The molecule has 0 fully saturated rings. The van der Waals surface area contributed by atoms with Crippen LogP contribution < -0.4 is 16.2 Å². The highest BCUT2D eigenvalue weighted by atomic mass is 32.1. The number of hydrazine groups is 1. The van der Waals surface area contributed by atoms with Crippen LogP contribution >= 0.6 is 12.2 Å². The normalized spacial score (nSPS) is 10.2. The summed E-state index contributed by atoms with van der Waals surface area (Å²) in [6.07, 6.45) is 4.13. The van der Waals surface area contributed by atoms with Crippen molar-refractivity contribution in [1.29, 1.82) is 0 Å². The number of non-ortho nitro benzene ring substituents is 1. The van der Waals surface area contributed by atoms with Gasteiger partial charge in [-0.3, -0.25) is 35.9 Å². The summed E-state index contributed by atoms with van der Waals surface area (Å²) in [5.41, 5.74) is 4.67. The number of nitrogens with zero attached hydrogens (tertiary/aromatic N) is 1. The van der Waals surface area contributed by atoms with Crippen LogP contribution in [0.2, 0.25) is 0 Å². The molecule has 0 aliphatic heterocycles. The maximum atomic E-state index is 11.9. The Hall–Kier alpha value is -3.53. The van der Waals surface area contributed by atoms with Crippen molar-refractivity contribution in [3.8, 4) is 0 Å². The number of carbonyl (C=O) groups is 2. The fourth-order valence-electron chi connectivity index (χ4n) is 1.65. The van der Waals surface area contributed by atoms with Gasteiger partial charge in [-0.1, -0.05) is 0 Å². The molecule has 0 aliphatic carbocycles. The first-order valence-electron chi connectivity index (χ1n) is 6.83. The zero-order valence-electron chi connectivity index (χ0n) is 12.6. The number of hydrogen-bond donors (Lipinski definition) is 3. The van der Waals surface area contributed by atoms with E-state index in [1.165, 1.54) is 42.7 Å². The molecule has 0 atom stereocenters. The van der Waals surface area contributed by atoms with Gasteiger partial charge in [0.2, 0.25) is 5.91 Å². The van der Waals surface area contributed by atoms with Gasteiger partial charge in [0.25, 0.3) is 11.6 Å². The molecule has 2 amide bonds. The maximum absolute atomic E-state index is 11.9. The molecule has 0 saturated carbocycles. The number of rotatable bonds is 4. The minimum atomic E-state index is -0.572. The third-order valence-corrected chi connectivity index (χ3v) is 3.01. The fourth-order valence-corrected chi connectivity index (χ4v) is 1.80. The van der Waals surface area contributed by atoms with Crippen molar-refractivity contribution in [2.75, 3.05) is 0 Å². The van der Waals surface area contributed by atoms with Crippen LogP contribution in [0, 0.1) is 10.1 Å². The Kier molecular flexibility index (Phi) is 5.96. The van der Waals surface area contributed by atoms with Gasteiger partial charge in [0.05, 0.1) is 11.2 Å². The molecule has 0 aliphatic rings. The van der Waals surface area contributed by atoms with E-state index in [4.69, 9.17) is 16.6 Å². The minimum absolute atomic E-state index is 0.121. The molecule has 0 bridgehead atoms. The number of nitro benzene ring substituents is 1. The number of amides is 2. The SMILES string of the molecule is O=C(/C=C/c1ccco1)NC(=S)NNC(=O)c1ccc([N+](=O)[O-])cc1. The highest BCUT2D eigenvalue weighted by Crippen LogP contribution is 2.11. The molecular formula is C15H12N4O5S. The zero-order chi connectivity index (χ0) is 18.2. The van der Waals surface area contributed by atoms with E-state index in [9.17, 15) is 19.7 Å². The first-order chi connectivity index (χ1) is 12.0. The molecule has 3 N–H and O–H groups in total. The Balaban J connectivity index is 1.79. The molecule has 25 heavy (non-hydrogen) atoms. The minimum Gasteiger partial charge on any atom is -0.465 e. The first-order valence-corrected chi connectivity index (χ1v) is 7.24. The molecule has 0 spiro atoms. The van der Waals surface area contributed by atoms with E-state index in [1.807, 2.05) is 0 Å². The van der Waals surface area contributed by atoms with Crippen LogP contribution in [0.3, 0.4) is 0 Å². The second kappa shape index (κ2) is 8.36. The molecule has 1 aromatic carbocycles. The number of thiocarbonyl (C=S) groups is 1. The van der Waals surface area contributed by atoms with E-state index >= 15 is 0 Å². The van der Waals surface area contributed by atoms with Gasteiger partial charge in [-0.2, -0.15) is 0 Å². The molecule has 1 aromatic heterocycles. The summed E-state index contributed by atoms with van der Waals surface area (Å²) in [6, 6.07) is 8.34. The van der Waals surface area contributed by atoms with E-state index in [-0.39, 0.29) is 16.4 Å². The molecule has 0 saturated heterocycles. The van der Waals surface area contributed by atoms with Crippen LogP contribution in [0.5, 0.6) is 0 Å². The Morgan fingerprint density at radius 2 is 1.88 bits per heavy atom. The van der Waals surface area contributed by atoms with Crippen molar-refractivity contribution < 1.29 is 18.9 Å². The molecule has 0 unspecified atom stereocenters. The highest BCUT2D eigenvalue weighted by Gasteiger charge is 2.10. The third-order valence-electron chi connectivity index (χ3n) is 2.81. The van der Waals surface area contributed by atoms with Gasteiger partial charge < -0.3 is 4.42 Å². The Labute approximate surface area is 146 Å². The van der Waals surface area contributed by atoms with E-state index in [1.54, 1.807) is 12.1 Å². The van der Waals surface area contributed by atoms with E-state index in [0.717, 1.165) is 0 Å². The second-order valence-corrected chi connectivity index (χ2v) is 4.96. The zero-order valence-corrected chi connectivity index (χ0v) is 13.4. The highest BCUT2D eigenvalue weighted by molar-refractivity contribution is 7.80. The number of nitro groups is 1. The van der Waals surface area contributed by atoms with E-state index in [2.05, 4.69) is 16.2 Å². The molecule has 2 aromatic rings. The van der Waals surface area contributed by atoms with Crippen LogP contribution in [0.1, 0.15) is 16.1 Å². The van der Waals surface area contributed by atoms with Gasteiger partial charge in [0, 0.05) is 23.8 Å². The molecule has 0 radical (unpaired) electrons. The lowest BCUT2D eigenvalue weighted by Gasteiger charge is -2.09. The number of benzene rings is 1. The van der Waals surface area contributed by atoms with Crippen molar-refractivity contribution in [1.82, 2.24) is 16.2 Å². The van der Waals surface area contributed by atoms with Gasteiger partial charge in [-0.05, 0) is 42.6 Å². The summed E-state index contributed by atoms with van der Waals surface area (Å²) in [7, 11) is 0. The molecule has 2 rings (SSSR count). The van der Waals surface area contributed by atoms with Crippen LogP contribution in [0.4, 0.5) is 5.69 Å². The summed E-state index contributed by atoms with van der Waals surface area (Å²) >= 11 is 4.86. The predicted molar refractivity (Wildman–Crippen MR) is 92.2 cm³/mol. The monoisotopic (exact) mass is 360 g/mol. The molecular weight excluding hydrogens is 348 g/mol. The van der Waals surface area contributed by atoms with Crippen molar-refractivity contribution in [3.05, 3.63) is 70.2 Å². The largest absolute Gasteiger partial charge is 0.465 e. The van der Waals surface area contributed by atoms with Crippen LogP contribution in [0.25, 0.3) is 6.08 Å². The number of carbonyl (C=O) groups excluding carboxylic acids is 2. The summed E-state index contributed by atoms with van der Waals surface area (Å²) < 4.78 is 5.03. The van der Waals surface area contributed by atoms with Gasteiger partial charge in [0.1, 0.15) is 5.76 Å². The summed E-state index contributed by atoms with van der Waals surface area (Å²) in [5.74, 6) is -0.586. The first kappa shape index (κ1) is 17.8.